The molecule has 146 valence electrons. The number of aryl methyl sites for hydroxylation is 2. The molecule has 0 atom stereocenters. The van der Waals surface area contributed by atoms with Crippen LogP contribution < -0.4 is 10.1 Å². The first-order valence-electron chi connectivity index (χ1n) is 10.4. The topological polar surface area (TPSA) is 43.3 Å². The van der Waals surface area contributed by atoms with E-state index in [1.165, 1.54) is 33.3 Å². The van der Waals surface area contributed by atoms with Crippen LogP contribution in [0.5, 0.6) is 5.75 Å². The predicted molar refractivity (Wildman–Crippen MR) is 114 cm³/mol. The minimum absolute atomic E-state index is 0.102. The van der Waals surface area contributed by atoms with Crippen molar-refractivity contribution in [1.82, 2.24) is 9.88 Å². The van der Waals surface area contributed by atoms with Crippen molar-refractivity contribution >= 4 is 16.8 Å². The van der Waals surface area contributed by atoms with Crippen LogP contribution in [-0.4, -0.2) is 23.6 Å². The number of hydrogen-bond donors (Lipinski definition) is 1. The lowest BCUT2D eigenvalue weighted by Gasteiger charge is -2.11. The van der Waals surface area contributed by atoms with E-state index in [0.29, 0.717) is 19.6 Å². The Balaban J connectivity index is 1.87. The zero-order chi connectivity index (χ0) is 19.5. The number of nitrogens with zero attached hydrogens (tertiary/aromatic N) is 1. The Bertz CT molecular complexity index is 1000. The molecule has 2 heterocycles. The van der Waals surface area contributed by atoms with Crippen LogP contribution in [0.4, 0.5) is 0 Å². The number of fused-ring (bicyclic) bond motifs is 5. The van der Waals surface area contributed by atoms with Crippen LogP contribution in [0.15, 0.2) is 42.5 Å². The minimum Gasteiger partial charge on any atom is -0.494 e. The van der Waals surface area contributed by atoms with E-state index in [1.807, 2.05) is 13.8 Å². The van der Waals surface area contributed by atoms with E-state index in [9.17, 15) is 4.79 Å². The summed E-state index contributed by atoms with van der Waals surface area (Å²) in [5.74, 6) is 1.01. The van der Waals surface area contributed by atoms with Gasteiger partial charge in [0.2, 0.25) is 5.91 Å². The van der Waals surface area contributed by atoms with Crippen LogP contribution in [0.2, 0.25) is 0 Å². The summed E-state index contributed by atoms with van der Waals surface area (Å²) in [4.78, 5) is 11.7. The highest BCUT2D eigenvalue weighted by molar-refractivity contribution is 5.93. The molecule has 4 nitrogen and oxygen atoms in total. The van der Waals surface area contributed by atoms with Gasteiger partial charge in [0.25, 0.3) is 0 Å². The summed E-state index contributed by atoms with van der Waals surface area (Å²) in [6.45, 7) is 6.22. The lowest BCUT2D eigenvalue weighted by Crippen LogP contribution is -2.24. The average Bonchev–Trinajstić information content (AvgIpc) is 2.88. The average molecular weight is 377 g/mol. The molecular formula is C24H28N2O2. The normalized spacial score (nSPS) is 12.9. The lowest BCUT2D eigenvalue weighted by atomic mass is 9.97. The molecule has 1 aliphatic rings. The second kappa shape index (κ2) is 8.09. The summed E-state index contributed by atoms with van der Waals surface area (Å²) in [5.41, 5.74) is 6.61. The molecule has 0 saturated carbocycles. The quantitative estimate of drug-likeness (QED) is 0.676. The van der Waals surface area contributed by atoms with Crippen LogP contribution in [0.1, 0.15) is 37.8 Å². The Morgan fingerprint density at radius 1 is 1.18 bits per heavy atom. The zero-order valence-corrected chi connectivity index (χ0v) is 16.8. The van der Waals surface area contributed by atoms with Crippen LogP contribution in [-0.2, 0) is 24.2 Å². The van der Waals surface area contributed by atoms with Crippen LogP contribution >= 0.6 is 0 Å². The van der Waals surface area contributed by atoms with Crippen LogP contribution in [0.25, 0.3) is 22.2 Å². The Hall–Kier alpha value is -2.75. The number of carbonyl (C=O) groups is 1. The van der Waals surface area contributed by atoms with Gasteiger partial charge < -0.3 is 14.6 Å². The SMILES string of the molecule is CCOc1ccc2c(c1)c(CCNC(=O)CC)c1n2CCCc2ccccc2-1. The Morgan fingerprint density at radius 2 is 2.04 bits per heavy atom. The molecule has 0 bridgehead atoms. The van der Waals surface area contributed by atoms with Crippen LogP contribution in [0.3, 0.4) is 0 Å². The van der Waals surface area contributed by atoms with E-state index in [1.54, 1.807) is 0 Å². The molecule has 0 unspecified atom stereocenters. The second-order valence-corrected chi connectivity index (χ2v) is 7.30. The van der Waals surface area contributed by atoms with Gasteiger partial charge in [0.15, 0.2) is 0 Å². The molecule has 1 aromatic heterocycles. The number of hydrogen-bond acceptors (Lipinski definition) is 2. The fourth-order valence-corrected chi connectivity index (χ4v) is 4.30. The maximum Gasteiger partial charge on any atom is 0.219 e. The Morgan fingerprint density at radius 3 is 2.86 bits per heavy atom. The van der Waals surface area contributed by atoms with Gasteiger partial charge in [-0.2, -0.15) is 0 Å². The van der Waals surface area contributed by atoms with E-state index >= 15 is 0 Å². The molecule has 1 N–H and O–H groups in total. The first-order valence-corrected chi connectivity index (χ1v) is 10.4. The van der Waals surface area contributed by atoms with Gasteiger partial charge in [0, 0.05) is 36.0 Å². The number of aromatic nitrogens is 1. The number of ether oxygens (including phenoxy) is 1. The van der Waals surface area contributed by atoms with Crippen molar-refractivity contribution in [3.63, 3.8) is 0 Å². The first kappa shape index (κ1) is 18.6. The molecule has 1 aliphatic heterocycles. The standard InChI is InChI=1S/C24H28N2O2/c1-3-23(27)25-14-13-20-21-16-18(28-4-2)11-12-22(21)26-15-7-9-17-8-5-6-10-19(17)24(20)26/h5-6,8,10-12,16H,3-4,7,9,13-15H2,1-2H3,(H,25,27). The Kier molecular flexibility index (Phi) is 5.38. The summed E-state index contributed by atoms with van der Waals surface area (Å²) in [6.07, 6.45) is 3.57. The Labute approximate surface area is 166 Å². The van der Waals surface area contributed by atoms with Gasteiger partial charge in [-0.15, -0.1) is 0 Å². The molecule has 0 radical (unpaired) electrons. The summed E-state index contributed by atoms with van der Waals surface area (Å²) in [7, 11) is 0. The molecule has 4 heteroatoms. The summed E-state index contributed by atoms with van der Waals surface area (Å²) in [6, 6.07) is 15.2. The van der Waals surface area contributed by atoms with E-state index in [4.69, 9.17) is 4.74 Å². The van der Waals surface area contributed by atoms with Crippen molar-refractivity contribution in [3.05, 3.63) is 53.6 Å². The van der Waals surface area contributed by atoms with E-state index in [0.717, 1.165) is 31.6 Å². The summed E-state index contributed by atoms with van der Waals surface area (Å²) >= 11 is 0. The molecule has 3 aromatic rings. The molecule has 1 amide bonds. The molecule has 0 saturated heterocycles. The van der Waals surface area contributed by atoms with Gasteiger partial charge in [-0.05, 0) is 55.5 Å². The fourth-order valence-electron chi connectivity index (χ4n) is 4.30. The van der Waals surface area contributed by atoms with Gasteiger partial charge in [-0.3, -0.25) is 4.79 Å². The third kappa shape index (κ3) is 3.39. The van der Waals surface area contributed by atoms with Crippen molar-refractivity contribution in [2.75, 3.05) is 13.2 Å². The van der Waals surface area contributed by atoms with Crippen molar-refractivity contribution < 1.29 is 9.53 Å². The van der Waals surface area contributed by atoms with Crippen molar-refractivity contribution in [3.8, 4) is 17.0 Å². The highest BCUT2D eigenvalue weighted by atomic mass is 16.5. The van der Waals surface area contributed by atoms with E-state index in [-0.39, 0.29) is 5.91 Å². The molecule has 0 aliphatic carbocycles. The largest absolute Gasteiger partial charge is 0.494 e. The molecule has 0 spiro atoms. The molecule has 28 heavy (non-hydrogen) atoms. The summed E-state index contributed by atoms with van der Waals surface area (Å²) < 4.78 is 8.24. The smallest absolute Gasteiger partial charge is 0.219 e. The van der Waals surface area contributed by atoms with Crippen molar-refractivity contribution in [2.45, 2.75) is 46.1 Å². The number of amides is 1. The number of benzene rings is 2. The lowest BCUT2D eigenvalue weighted by molar-refractivity contribution is -0.120. The van der Waals surface area contributed by atoms with E-state index < -0.39 is 0 Å². The van der Waals surface area contributed by atoms with Crippen molar-refractivity contribution in [1.29, 1.82) is 0 Å². The molecular weight excluding hydrogens is 348 g/mol. The molecule has 2 aromatic carbocycles. The molecule has 0 fully saturated rings. The number of carbonyl (C=O) groups excluding carboxylic acids is 1. The predicted octanol–water partition coefficient (Wildman–Crippen LogP) is 4.72. The van der Waals surface area contributed by atoms with Gasteiger partial charge in [0.05, 0.1) is 12.3 Å². The van der Waals surface area contributed by atoms with Gasteiger partial charge in [-0.25, -0.2) is 0 Å². The highest BCUT2D eigenvalue weighted by Crippen LogP contribution is 2.39. The summed E-state index contributed by atoms with van der Waals surface area (Å²) in [5, 5.41) is 4.28. The van der Waals surface area contributed by atoms with E-state index in [2.05, 4.69) is 52.3 Å². The van der Waals surface area contributed by atoms with Gasteiger partial charge in [0.1, 0.15) is 5.75 Å². The third-order valence-corrected chi connectivity index (χ3v) is 5.57. The van der Waals surface area contributed by atoms with Gasteiger partial charge in [-0.1, -0.05) is 31.2 Å². The first-order chi connectivity index (χ1) is 13.7. The third-order valence-electron chi connectivity index (χ3n) is 5.57. The van der Waals surface area contributed by atoms with Crippen LogP contribution in [0, 0.1) is 0 Å². The fraction of sp³-hybridized carbons (Fsp3) is 0.375. The maximum atomic E-state index is 11.7. The molecule has 4 rings (SSSR count). The number of nitrogens with one attached hydrogen (secondary N) is 1. The highest BCUT2D eigenvalue weighted by Gasteiger charge is 2.22. The second-order valence-electron chi connectivity index (χ2n) is 7.30. The number of rotatable bonds is 6. The van der Waals surface area contributed by atoms with Crippen molar-refractivity contribution in [2.24, 2.45) is 0 Å². The monoisotopic (exact) mass is 376 g/mol. The maximum absolute atomic E-state index is 11.7. The van der Waals surface area contributed by atoms with Gasteiger partial charge >= 0.3 is 0 Å². The minimum atomic E-state index is 0.102. The zero-order valence-electron chi connectivity index (χ0n) is 16.8.